The molecule has 2 aromatic carbocycles. The van der Waals surface area contributed by atoms with E-state index >= 15 is 0 Å². The van der Waals surface area contributed by atoms with Gasteiger partial charge in [0.1, 0.15) is 11.6 Å². The molecule has 1 amide bonds. The summed E-state index contributed by atoms with van der Waals surface area (Å²) in [5.74, 6) is 0.896. The van der Waals surface area contributed by atoms with Gasteiger partial charge in [-0.1, -0.05) is 18.2 Å². The third-order valence-electron chi connectivity index (χ3n) is 4.55. The molecule has 0 bridgehead atoms. The summed E-state index contributed by atoms with van der Waals surface area (Å²) in [7, 11) is 1.67. The number of anilines is 1. The van der Waals surface area contributed by atoms with Gasteiger partial charge in [0.2, 0.25) is 5.91 Å². The lowest BCUT2D eigenvalue weighted by molar-refractivity contribution is -0.120. The zero-order valence-corrected chi connectivity index (χ0v) is 14.4. The van der Waals surface area contributed by atoms with Gasteiger partial charge < -0.3 is 15.0 Å². The summed E-state index contributed by atoms with van der Waals surface area (Å²) in [6.07, 6.45) is 1.25. The molecule has 132 valence electrons. The zero-order valence-electron chi connectivity index (χ0n) is 14.4. The Bertz CT molecular complexity index is 735. The predicted octanol–water partition coefficient (Wildman–Crippen LogP) is 3.02. The number of benzene rings is 2. The molecule has 1 atom stereocenters. The van der Waals surface area contributed by atoms with E-state index in [9.17, 15) is 9.18 Å². The number of amides is 1. The molecule has 5 heteroatoms. The number of hydrogen-bond donors (Lipinski definition) is 1. The standard InChI is InChI=1S/C20H23FN2O2/c1-25-19-7-3-6-18(12-19)23-9-8-16(14-23)13-22-20(24)11-15-4-2-5-17(21)10-15/h2-7,10,12,16H,8-9,11,13-14H2,1H3,(H,22,24)/t16-/m1/s1. The van der Waals surface area contributed by atoms with Crippen LogP contribution < -0.4 is 15.0 Å². The van der Waals surface area contributed by atoms with Gasteiger partial charge in [0.15, 0.2) is 0 Å². The van der Waals surface area contributed by atoms with Crippen LogP contribution in [0.5, 0.6) is 5.75 Å². The van der Waals surface area contributed by atoms with Crippen molar-refractivity contribution in [2.75, 3.05) is 31.6 Å². The van der Waals surface area contributed by atoms with Gasteiger partial charge in [-0.2, -0.15) is 0 Å². The molecule has 3 rings (SSSR count). The van der Waals surface area contributed by atoms with E-state index in [1.54, 1.807) is 19.2 Å². The largest absolute Gasteiger partial charge is 0.497 e. The second-order valence-corrected chi connectivity index (χ2v) is 6.41. The predicted molar refractivity (Wildman–Crippen MR) is 96.4 cm³/mol. The average Bonchev–Trinajstić information content (AvgIpc) is 3.09. The first-order chi connectivity index (χ1) is 12.1. The Labute approximate surface area is 147 Å². The van der Waals surface area contributed by atoms with Crippen molar-refractivity contribution in [2.24, 2.45) is 5.92 Å². The maximum absolute atomic E-state index is 13.2. The summed E-state index contributed by atoms with van der Waals surface area (Å²) in [6.45, 7) is 2.53. The van der Waals surface area contributed by atoms with Crippen LogP contribution in [0.4, 0.5) is 10.1 Å². The maximum Gasteiger partial charge on any atom is 0.224 e. The molecule has 0 saturated carbocycles. The summed E-state index contributed by atoms with van der Waals surface area (Å²) in [6, 6.07) is 14.2. The Hall–Kier alpha value is -2.56. The van der Waals surface area contributed by atoms with Crippen molar-refractivity contribution in [2.45, 2.75) is 12.8 Å². The maximum atomic E-state index is 13.2. The van der Waals surface area contributed by atoms with Crippen LogP contribution in [0.3, 0.4) is 0 Å². The smallest absolute Gasteiger partial charge is 0.224 e. The molecule has 1 aliphatic heterocycles. The molecule has 25 heavy (non-hydrogen) atoms. The lowest BCUT2D eigenvalue weighted by Gasteiger charge is -2.19. The monoisotopic (exact) mass is 342 g/mol. The summed E-state index contributed by atoms with van der Waals surface area (Å²) >= 11 is 0. The van der Waals surface area contributed by atoms with Gasteiger partial charge in [0.25, 0.3) is 0 Å². The Morgan fingerprint density at radius 2 is 2.12 bits per heavy atom. The van der Waals surface area contributed by atoms with Gasteiger partial charge in [0, 0.05) is 31.4 Å². The number of carbonyl (C=O) groups excluding carboxylic acids is 1. The number of carbonyl (C=O) groups is 1. The lowest BCUT2D eigenvalue weighted by atomic mass is 10.1. The molecular formula is C20H23FN2O2. The Morgan fingerprint density at radius 3 is 2.92 bits per heavy atom. The second kappa shape index (κ2) is 8.01. The fourth-order valence-corrected chi connectivity index (χ4v) is 3.19. The second-order valence-electron chi connectivity index (χ2n) is 6.41. The minimum absolute atomic E-state index is 0.0644. The van der Waals surface area contributed by atoms with Crippen LogP contribution in [0.25, 0.3) is 0 Å². The van der Waals surface area contributed by atoms with Gasteiger partial charge in [-0.3, -0.25) is 4.79 Å². The minimum Gasteiger partial charge on any atom is -0.497 e. The van der Waals surface area contributed by atoms with Crippen molar-refractivity contribution in [3.63, 3.8) is 0 Å². The molecule has 0 unspecified atom stereocenters. The Kier molecular flexibility index (Phi) is 5.53. The van der Waals surface area contributed by atoms with E-state index in [0.29, 0.717) is 18.0 Å². The molecule has 0 aliphatic carbocycles. The Morgan fingerprint density at radius 1 is 1.28 bits per heavy atom. The number of rotatable bonds is 6. The highest BCUT2D eigenvalue weighted by Crippen LogP contribution is 2.26. The molecule has 1 fully saturated rings. The van der Waals surface area contributed by atoms with E-state index in [-0.39, 0.29) is 18.1 Å². The highest BCUT2D eigenvalue weighted by molar-refractivity contribution is 5.78. The molecule has 0 spiro atoms. The van der Waals surface area contributed by atoms with Crippen LogP contribution in [-0.2, 0) is 11.2 Å². The van der Waals surface area contributed by atoms with E-state index in [1.807, 2.05) is 18.2 Å². The van der Waals surface area contributed by atoms with Crippen LogP contribution in [0.15, 0.2) is 48.5 Å². The quantitative estimate of drug-likeness (QED) is 0.877. The SMILES string of the molecule is COc1cccc(N2CC[C@H](CNC(=O)Cc3cccc(F)c3)C2)c1. The van der Waals surface area contributed by atoms with Crippen LogP contribution in [-0.4, -0.2) is 32.7 Å². The molecule has 4 nitrogen and oxygen atoms in total. The molecule has 1 saturated heterocycles. The van der Waals surface area contributed by atoms with Gasteiger partial charge in [0.05, 0.1) is 13.5 Å². The van der Waals surface area contributed by atoms with Crippen LogP contribution in [0, 0.1) is 11.7 Å². The Balaban J connectivity index is 1.47. The van der Waals surface area contributed by atoms with Crippen molar-refractivity contribution >= 4 is 11.6 Å². The summed E-state index contributed by atoms with van der Waals surface area (Å²) in [5, 5.41) is 2.97. The van der Waals surface area contributed by atoms with Gasteiger partial charge >= 0.3 is 0 Å². The summed E-state index contributed by atoms with van der Waals surface area (Å²) in [5.41, 5.74) is 1.84. The first-order valence-corrected chi connectivity index (χ1v) is 8.54. The van der Waals surface area contributed by atoms with E-state index in [4.69, 9.17) is 4.74 Å². The molecule has 1 heterocycles. The van der Waals surface area contributed by atoms with Crippen molar-refractivity contribution in [3.05, 3.63) is 59.9 Å². The first kappa shape index (κ1) is 17.3. The van der Waals surface area contributed by atoms with E-state index in [0.717, 1.165) is 30.9 Å². The summed E-state index contributed by atoms with van der Waals surface area (Å²) < 4.78 is 18.4. The van der Waals surface area contributed by atoms with Gasteiger partial charge in [-0.25, -0.2) is 4.39 Å². The summed E-state index contributed by atoms with van der Waals surface area (Å²) in [4.78, 5) is 14.4. The zero-order chi connectivity index (χ0) is 17.6. The topological polar surface area (TPSA) is 41.6 Å². The van der Waals surface area contributed by atoms with E-state index < -0.39 is 0 Å². The van der Waals surface area contributed by atoms with Crippen LogP contribution >= 0.6 is 0 Å². The molecule has 2 aromatic rings. The number of hydrogen-bond acceptors (Lipinski definition) is 3. The van der Waals surface area contributed by atoms with Gasteiger partial charge in [-0.15, -0.1) is 0 Å². The lowest BCUT2D eigenvalue weighted by Crippen LogP contribution is -2.32. The fraction of sp³-hybridized carbons (Fsp3) is 0.350. The molecule has 1 aliphatic rings. The molecule has 0 radical (unpaired) electrons. The third kappa shape index (κ3) is 4.72. The number of ether oxygens (including phenoxy) is 1. The van der Waals surface area contributed by atoms with Crippen LogP contribution in [0.1, 0.15) is 12.0 Å². The first-order valence-electron chi connectivity index (χ1n) is 8.54. The van der Waals surface area contributed by atoms with Crippen LogP contribution in [0.2, 0.25) is 0 Å². The average molecular weight is 342 g/mol. The van der Waals surface area contributed by atoms with Crippen molar-refractivity contribution in [1.82, 2.24) is 5.32 Å². The molecule has 0 aromatic heterocycles. The number of halogens is 1. The van der Waals surface area contributed by atoms with E-state index in [2.05, 4.69) is 16.3 Å². The van der Waals surface area contributed by atoms with Crippen molar-refractivity contribution in [1.29, 1.82) is 0 Å². The fourth-order valence-electron chi connectivity index (χ4n) is 3.19. The third-order valence-corrected chi connectivity index (χ3v) is 4.55. The van der Waals surface area contributed by atoms with Crippen molar-refractivity contribution < 1.29 is 13.9 Å². The number of methoxy groups -OCH3 is 1. The highest BCUT2D eigenvalue weighted by atomic mass is 19.1. The molecule has 1 N–H and O–H groups in total. The van der Waals surface area contributed by atoms with Crippen molar-refractivity contribution in [3.8, 4) is 5.75 Å². The van der Waals surface area contributed by atoms with Gasteiger partial charge in [-0.05, 0) is 42.2 Å². The van der Waals surface area contributed by atoms with E-state index in [1.165, 1.54) is 12.1 Å². The number of nitrogens with one attached hydrogen (secondary N) is 1. The molecular weight excluding hydrogens is 319 g/mol. The minimum atomic E-state index is -0.310. The highest BCUT2D eigenvalue weighted by Gasteiger charge is 2.23. The normalized spacial score (nSPS) is 16.7. The number of nitrogens with zero attached hydrogens (tertiary/aromatic N) is 1.